The molecule has 0 aliphatic carbocycles. The van der Waals surface area contributed by atoms with Crippen molar-refractivity contribution in [3.8, 4) is 12.0 Å². The smallest absolute Gasteiger partial charge is 0.322 e. The summed E-state index contributed by atoms with van der Waals surface area (Å²) in [6.07, 6.45) is 2.76. The summed E-state index contributed by atoms with van der Waals surface area (Å²) in [6, 6.07) is 0.139. The van der Waals surface area contributed by atoms with Crippen molar-refractivity contribution in [3.05, 3.63) is 18.0 Å². The number of rotatable bonds is 4. The number of carbonyl (C=O) groups is 1. The molecule has 0 unspecified atom stereocenters. The van der Waals surface area contributed by atoms with E-state index in [1.807, 2.05) is 0 Å². The minimum absolute atomic E-state index is 0.139. The average molecular weight is 249 g/mol. The van der Waals surface area contributed by atoms with E-state index < -0.39 is 5.91 Å². The van der Waals surface area contributed by atoms with Crippen molar-refractivity contribution in [3.63, 3.8) is 0 Å². The van der Waals surface area contributed by atoms with Gasteiger partial charge in [0, 0.05) is 13.2 Å². The van der Waals surface area contributed by atoms with Gasteiger partial charge < -0.3 is 15.8 Å². The molecule has 0 aliphatic heterocycles. The Bertz CT molecular complexity index is 558. The van der Waals surface area contributed by atoms with Crippen LogP contribution in [0.4, 0.5) is 5.95 Å². The number of nitrogens with one attached hydrogen (secondary N) is 1. The molecule has 9 nitrogen and oxygen atoms in total. The highest BCUT2D eigenvalue weighted by atomic mass is 16.5. The van der Waals surface area contributed by atoms with Gasteiger partial charge in [-0.3, -0.25) is 4.79 Å². The Morgan fingerprint density at radius 1 is 1.44 bits per heavy atom. The first-order valence-electron chi connectivity index (χ1n) is 4.96. The second kappa shape index (κ2) is 4.65. The summed E-state index contributed by atoms with van der Waals surface area (Å²) in [5, 5.41) is 6.70. The Kier molecular flexibility index (Phi) is 3.04. The molecule has 0 bridgehead atoms. The van der Waals surface area contributed by atoms with Gasteiger partial charge >= 0.3 is 6.01 Å². The standard InChI is InChI=1S/C9H11N7O2/c1-11-7-13-8(15-9(14-7)18-2)16-4-5(3-12-16)6(10)17/h3-4H,1-2H3,(H2,10,17)(H,11,13,14,15). The number of amides is 1. The molecule has 2 aromatic rings. The lowest BCUT2D eigenvalue weighted by Gasteiger charge is -2.04. The summed E-state index contributed by atoms with van der Waals surface area (Å²) < 4.78 is 6.25. The van der Waals surface area contributed by atoms with Crippen LogP contribution in [0.25, 0.3) is 5.95 Å². The fourth-order valence-electron chi connectivity index (χ4n) is 1.21. The van der Waals surface area contributed by atoms with E-state index in [-0.39, 0.29) is 17.5 Å². The van der Waals surface area contributed by atoms with Gasteiger partial charge in [0.15, 0.2) is 0 Å². The summed E-state index contributed by atoms with van der Waals surface area (Å²) in [4.78, 5) is 23.0. The molecular weight excluding hydrogens is 238 g/mol. The second-order valence-electron chi connectivity index (χ2n) is 3.23. The van der Waals surface area contributed by atoms with Gasteiger partial charge in [0.1, 0.15) is 0 Å². The number of aromatic nitrogens is 5. The Morgan fingerprint density at radius 2 is 2.22 bits per heavy atom. The first kappa shape index (κ1) is 11.8. The van der Waals surface area contributed by atoms with Gasteiger partial charge in [-0.25, -0.2) is 4.68 Å². The van der Waals surface area contributed by atoms with Gasteiger partial charge in [-0.05, 0) is 0 Å². The molecule has 0 fully saturated rings. The number of hydrogen-bond acceptors (Lipinski definition) is 7. The zero-order valence-corrected chi connectivity index (χ0v) is 9.78. The minimum atomic E-state index is -0.573. The first-order chi connectivity index (χ1) is 8.63. The van der Waals surface area contributed by atoms with Crippen LogP contribution in [-0.2, 0) is 0 Å². The number of nitrogens with zero attached hydrogens (tertiary/aromatic N) is 5. The zero-order chi connectivity index (χ0) is 13.1. The summed E-state index contributed by atoms with van der Waals surface area (Å²) in [5.41, 5.74) is 5.40. The van der Waals surface area contributed by atoms with Crippen molar-refractivity contribution >= 4 is 11.9 Å². The largest absolute Gasteiger partial charge is 0.467 e. The number of carbonyl (C=O) groups excluding carboxylic acids is 1. The topological polar surface area (TPSA) is 121 Å². The SMILES string of the molecule is CNc1nc(OC)nc(-n2cc(C(N)=O)cn2)n1. The van der Waals surface area contributed by atoms with Crippen molar-refractivity contribution in [2.24, 2.45) is 5.73 Å². The number of hydrogen-bond donors (Lipinski definition) is 2. The molecule has 2 rings (SSSR count). The van der Waals surface area contributed by atoms with E-state index in [9.17, 15) is 4.79 Å². The Balaban J connectivity index is 2.45. The van der Waals surface area contributed by atoms with E-state index in [2.05, 4.69) is 25.4 Å². The molecule has 0 saturated heterocycles. The molecule has 0 atom stereocenters. The third kappa shape index (κ3) is 2.19. The number of methoxy groups -OCH3 is 1. The Labute approximate surface area is 102 Å². The highest BCUT2D eigenvalue weighted by molar-refractivity contribution is 5.92. The number of primary amides is 1. The fraction of sp³-hybridized carbons (Fsp3) is 0.222. The third-order valence-electron chi connectivity index (χ3n) is 2.08. The number of ether oxygens (including phenoxy) is 1. The summed E-state index contributed by atoms with van der Waals surface area (Å²) in [5.74, 6) is -0.0252. The Hall–Kier alpha value is -2.71. The van der Waals surface area contributed by atoms with Crippen molar-refractivity contribution in [2.45, 2.75) is 0 Å². The maximum absolute atomic E-state index is 11.0. The van der Waals surface area contributed by atoms with Crippen molar-refractivity contribution in [2.75, 3.05) is 19.5 Å². The predicted molar refractivity (Wildman–Crippen MR) is 61.6 cm³/mol. The van der Waals surface area contributed by atoms with Crippen LogP contribution in [0.15, 0.2) is 12.4 Å². The maximum Gasteiger partial charge on any atom is 0.322 e. The summed E-state index contributed by atoms with van der Waals surface area (Å²) in [6.45, 7) is 0. The van der Waals surface area contributed by atoms with Gasteiger partial charge in [0.05, 0.1) is 18.9 Å². The van der Waals surface area contributed by atoms with E-state index in [0.29, 0.717) is 5.95 Å². The van der Waals surface area contributed by atoms with Crippen LogP contribution in [0, 0.1) is 0 Å². The van der Waals surface area contributed by atoms with Crippen LogP contribution >= 0.6 is 0 Å². The highest BCUT2D eigenvalue weighted by Gasteiger charge is 2.10. The number of nitrogens with two attached hydrogens (primary N) is 1. The molecular formula is C9H11N7O2. The van der Waals surface area contributed by atoms with Crippen LogP contribution in [0.2, 0.25) is 0 Å². The fourth-order valence-corrected chi connectivity index (χ4v) is 1.21. The normalized spacial score (nSPS) is 10.1. The quantitative estimate of drug-likeness (QED) is 0.727. The van der Waals surface area contributed by atoms with Crippen LogP contribution in [0.5, 0.6) is 6.01 Å². The lowest BCUT2D eigenvalue weighted by Crippen LogP contribution is -2.10. The van der Waals surface area contributed by atoms with Crippen molar-refractivity contribution < 1.29 is 9.53 Å². The first-order valence-corrected chi connectivity index (χ1v) is 4.96. The lowest BCUT2D eigenvalue weighted by molar-refractivity contribution is 0.100. The monoisotopic (exact) mass is 249 g/mol. The molecule has 2 aromatic heterocycles. The van der Waals surface area contributed by atoms with Crippen LogP contribution in [0.3, 0.4) is 0 Å². The van der Waals surface area contributed by atoms with Crippen molar-refractivity contribution in [1.82, 2.24) is 24.7 Å². The zero-order valence-electron chi connectivity index (χ0n) is 9.78. The van der Waals surface area contributed by atoms with Crippen molar-refractivity contribution in [1.29, 1.82) is 0 Å². The highest BCUT2D eigenvalue weighted by Crippen LogP contribution is 2.10. The molecule has 18 heavy (non-hydrogen) atoms. The molecule has 0 saturated carbocycles. The number of anilines is 1. The third-order valence-corrected chi connectivity index (χ3v) is 2.08. The molecule has 94 valence electrons. The van der Waals surface area contributed by atoms with Crippen LogP contribution in [-0.4, -0.2) is 44.8 Å². The van der Waals surface area contributed by atoms with Gasteiger partial charge in [0.2, 0.25) is 5.95 Å². The Morgan fingerprint density at radius 3 is 2.78 bits per heavy atom. The van der Waals surface area contributed by atoms with Crippen LogP contribution in [0.1, 0.15) is 10.4 Å². The lowest BCUT2D eigenvalue weighted by atomic mass is 10.4. The van der Waals surface area contributed by atoms with Gasteiger partial charge in [-0.1, -0.05) is 0 Å². The van der Waals surface area contributed by atoms with E-state index in [1.54, 1.807) is 7.05 Å². The maximum atomic E-state index is 11.0. The van der Waals surface area contributed by atoms with E-state index in [0.717, 1.165) is 0 Å². The molecule has 0 spiro atoms. The second-order valence-corrected chi connectivity index (χ2v) is 3.23. The van der Waals surface area contributed by atoms with E-state index in [4.69, 9.17) is 10.5 Å². The summed E-state index contributed by atoms with van der Waals surface area (Å²) >= 11 is 0. The molecule has 0 aromatic carbocycles. The molecule has 0 aliphatic rings. The minimum Gasteiger partial charge on any atom is -0.467 e. The molecule has 0 radical (unpaired) electrons. The van der Waals surface area contributed by atoms with E-state index in [1.165, 1.54) is 24.2 Å². The average Bonchev–Trinajstić information content (AvgIpc) is 2.87. The van der Waals surface area contributed by atoms with E-state index >= 15 is 0 Å². The molecule has 3 N–H and O–H groups in total. The van der Waals surface area contributed by atoms with Gasteiger partial charge in [-0.2, -0.15) is 20.1 Å². The van der Waals surface area contributed by atoms with Crippen LogP contribution < -0.4 is 15.8 Å². The van der Waals surface area contributed by atoms with Gasteiger partial charge in [0.25, 0.3) is 11.9 Å². The summed E-state index contributed by atoms with van der Waals surface area (Å²) in [7, 11) is 3.10. The van der Waals surface area contributed by atoms with Gasteiger partial charge in [-0.15, -0.1) is 0 Å². The molecule has 2 heterocycles. The predicted octanol–water partition coefficient (Wildman–Crippen LogP) is -0.794. The molecule has 9 heteroatoms. The molecule has 1 amide bonds.